The lowest BCUT2D eigenvalue weighted by molar-refractivity contribution is -0.124. The molecule has 4 aromatic heterocycles. The summed E-state index contributed by atoms with van der Waals surface area (Å²) in [6.45, 7) is 7.59. The number of carbonyl (C=O) groups excluding carboxylic acids is 2. The molecule has 5 aromatic rings. The van der Waals surface area contributed by atoms with Gasteiger partial charge < -0.3 is 15.0 Å². The highest BCUT2D eigenvalue weighted by Gasteiger charge is 2.31. The monoisotopic (exact) mass is 717 g/mol. The number of ketones is 1. The van der Waals surface area contributed by atoms with Crippen LogP contribution in [0.5, 0.6) is 5.88 Å². The van der Waals surface area contributed by atoms with Gasteiger partial charge in [-0.1, -0.05) is 0 Å². The lowest BCUT2D eigenvalue weighted by Gasteiger charge is -2.32. The van der Waals surface area contributed by atoms with Crippen molar-refractivity contribution in [1.82, 2.24) is 35.0 Å². The number of likely N-dealkylation sites (tertiary alicyclic amines) is 1. The van der Waals surface area contributed by atoms with Gasteiger partial charge in [-0.15, -0.1) is 11.8 Å². The Hall–Kier alpha value is -5.14. The maximum atomic E-state index is 13.4. The SMILES string of the molecule is CS/C(=C/C(=O)Nc1ccc2[nH]nc(-c3ccc(OC(C)C)nc3)c2c1)C1CCN(CC(=O)C2CCN(c3ccc(-c4ncccn4)cn3)CC2)C1. The van der Waals surface area contributed by atoms with Gasteiger partial charge in [-0.2, -0.15) is 5.10 Å². The van der Waals surface area contributed by atoms with E-state index in [0.717, 1.165) is 83.9 Å². The summed E-state index contributed by atoms with van der Waals surface area (Å²) in [7, 11) is 0. The molecule has 2 aliphatic rings. The third kappa shape index (κ3) is 8.32. The van der Waals surface area contributed by atoms with Crippen molar-refractivity contribution >= 4 is 45.9 Å². The van der Waals surface area contributed by atoms with Crippen molar-refractivity contribution in [3.63, 3.8) is 0 Å². The predicted octanol–water partition coefficient (Wildman–Crippen LogP) is 6.26. The summed E-state index contributed by atoms with van der Waals surface area (Å²) in [5.74, 6) is 2.53. The number of rotatable bonds is 12. The summed E-state index contributed by atoms with van der Waals surface area (Å²) in [6.07, 6.45) is 13.3. The molecule has 268 valence electrons. The Morgan fingerprint density at radius 1 is 0.962 bits per heavy atom. The van der Waals surface area contributed by atoms with Gasteiger partial charge in [0, 0.05) is 90.6 Å². The minimum absolute atomic E-state index is 0.0408. The molecule has 6 heterocycles. The fraction of sp³-hybridized carbons (Fsp3) is 0.359. The Morgan fingerprint density at radius 3 is 2.44 bits per heavy atom. The standard InChI is InChI=1S/C39H43N9O3S/c1-25(2)51-37-10-6-27(21-43-37)38-31-19-30(7-8-32(31)45-46-38)44-36(50)20-34(52-3)29-11-16-47(23-29)24-33(49)26-12-17-48(18-13-26)35-9-5-28(22-42-35)39-40-14-4-15-41-39/h4-10,14-15,19-22,25-26,29H,11-13,16-18,23-24H2,1-3H3,(H,44,50)(H,45,46)/b34-20+. The summed E-state index contributed by atoms with van der Waals surface area (Å²) in [5.41, 5.74) is 4.04. The fourth-order valence-corrected chi connectivity index (χ4v) is 7.69. The summed E-state index contributed by atoms with van der Waals surface area (Å²) < 4.78 is 5.67. The van der Waals surface area contributed by atoms with Crippen LogP contribution in [-0.4, -0.2) is 91.8 Å². The number of nitrogens with zero attached hydrogens (tertiary/aromatic N) is 7. The Kier molecular flexibility index (Phi) is 10.9. The number of Topliss-reactive ketones (excluding diaryl/α,β-unsaturated/α-hetero) is 1. The quantitative estimate of drug-likeness (QED) is 0.141. The van der Waals surface area contributed by atoms with Crippen LogP contribution in [0.3, 0.4) is 0 Å². The molecule has 2 fully saturated rings. The zero-order valence-electron chi connectivity index (χ0n) is 29.7. The Labute approximate surface area is 307 Å². The van der Waals surface area contributed by atoms with Crippen molar-refractivity contribution in [2.24, 2.45) is 11.8 Å². The number of hydrogen-bond acceptors (Lipinski definition) is 11. The van der Waals surface area contributed by atoms with Crippen LogP contribution < -0.4 is 15.0 Å². The third-order valence-corrected chi connectivity index (χ3v) is 10.5. The van der Waals surface area contributed by atoms with Gasteiger partial charge in [0.2, 0.25) is 11.8 Å². The van der Waals surface area contributed by atoms with E-state index >= 15 is 0 Å². The van der Waals surface area contributed by atoms with Crippen LogP contribution in [0.15, 0.2) is 84.3 Å². The summed E-state index contributed by atoms with van der Waals surface area (Å²) in [4.78, 5) is 49.8. The molecule has 0 radical (unpaired) electrons. The first-order valence-electron chi connectivity index (χ1n) is 17.7. The first kappa shape index (κ1) is 35.3. The van der Waals surface area contributed by atoms with Crippen LogP contribution in [0.25, 0.3) is 33.5 Å². The average Bonchev–Trinajstić information content (AvgIpc) is 3.81. The van der Waals surface area contributed by atoms with Gasteiger partial charge in [0.1, 0.15) is 17.3 Å². The van der Waals surface area contributed by atoms with Crippen molar-refractivity contribution in [2.45, 2.75) is 39.2 Å². The molecular weight excluding hydrogens is 675 g/mol. The molecule has 12 nitrogen and oxygen atoms in total. The molecular formula is C39H43N9O3S. The number of anilines is 2. The van der Waals surface area contributed by atoms with Crippen LogP contribution in [-0.2, 0) is 9.59 Å². The van der Waals surface area contributed by atoms with E-state index in [1.54, 1.807) is 42.5 Å². The van der Waals surface area contributed by atoms with Gasteiger partial charge in [0.25, 0.3) is 0 Å². The molecule has 52 heavy (non-hydrogen) atoms. The maximum absolute atomic E-state index is 13.4. The van der Waals surface area contributed by atoms with E-state index in [0.29, 0.717) is 29.7 Å². The number of hydrogen-bond donors (Lipinski definition) is 2. The topological polar surface area (TPSA) is 142 Å². The number of amides is 1. The molecule has 2 aliphatic heterocycles. The van der Waals surface area contributed by atoms with Crippen molar-refractivity contribution in [2.75, 3.05) is 49.2 Å². The number of thioether (sulfide) groups is 1. The molecule has 0 aliphatic carbocycles. The summed E-state index contributed by atoms with van der Waals surface area (Å²) in [6, 6.07) is 15.3. The second-order valence-corrected chi connectivity index (χ2v) is 14.4. The van der Waals surface area contributed by atoms with Gasteiger partial charge in [-0.05, 0) is 93.3 Å². The lowest BCUT2D eigenvalue weighted by Crippen LogP contribution is -2.40. The second kappa shape index (κ2) is 16.0. The highest BCUT2D eigenvalue weighted by atomic mass is 32.2. The van der Waals surface area contributed by atoms with Gasteiger partial charge in [0.15, 0.2) is 5.82 Å². The molecule has 1 aromatic carbocycles. The van der Waals surface area contributed by atoms with E-state index in [4.69, 9.17) is 4.74 Å². The van der Waals surface area contributed by atoms with E-state index in [1.165, 1.54) is 0 Å². The van der Waals surface area contributed by atoms with Crippen molar-refractivity contribution in [1.29, 1.82) is 0 Å². The summed E-state index contributed by atoms with van der Waals surface area (Å²) in [5, 5.41) is 11.5. The maximum Gasteiger partial charge on any atom is 0.249 e. The zero-order chi connectivity index (χ0) is 36.0. The average molecular weight is 718 g/mol. The van der Waals surface area contributed by atoms with Gasteiger partial charge in [-0.25, -0.2) is 19.9 Å². The number of piperidine rings is 1. The lowest BCUT2D eigenvalue weighted by atomic mass is 9.92. The first-order chi connectivity index (χ1) is 25.3. The van der Waals surface area contributed by atoms with Crippen LogP contribution in [0.1, 0.15) is 33.1 Å². The van der Waals surface area contributed by atoms with E-state index in [1.807, 2.05) is 68.8 Å². The number of nitrogens with one attached hydrogen (secondary N) is 2. The largest absolute Gasteiger partial charge is 0.475 e. The molecule has 2 N–H and O–H groups in total. The molecule has 1 amide bonds. The van der Waals surface area contributed by atoms with E-state index < -0.39 is 0 Å². The highest BCUT2D eigenvalue weighted by molar-refractivity contribution is 8.02. The van der Waals surface area contributed by atoms with E-state index in [-0.39, 0.29) is 23.8 Å². The molecule has 0 spiro atoms. The van der Waals surface area contributed by atoms with E-state index in [9.17, 15) is 9.59 Å². The number of aromatic nitrogens is 6. The number of pyridine rings is 2. The molecule has 0 saturated carbocycles. The third-order valence-electron chi connectivity index (χ3n) is 9.61. The Bertz CT molecular complexity index is 2030. The van der Waals surface area contributed by atoms with Gasteiger partial charge >= 0.3 is 0 Å². The summed E-state index contributed by atoms with van der Waals surface area (Å²) >= 11 is 1.60. The molecule has 7 rings (SSSR count). The normalized spacial score (nSPS) is 17.2. The zero-order valence-corrected chi connectivity index (χ0v) is 30.5. The van der Waals surface area contributed by atoms with E-state index in [2.05, 4.69) is 45.2 Å². The Balaban J connectivity index is 0.905. The molecule has 13 heteroatoms. The predicted molar refractivity (Wildman–Crippen MR) is 205 cm³/mol. The fourth-order valence-electron chi connectivity index (χ4n) is 6.94. The van der Waals surface area contributed by atoms with Crippen molar-refractivity contribution in [3.05, 3.63) is 84.3 Å². The van der Waals surface area contributed by atoms with Crippen LogP contribution in [0.4, 0.5) is 11.5 Å². The number of aromatic amines is 1. The number of H-pyrrole nitrogens is 1. The first-order valence-corrected chi connectivity index (χ1v) is 19.0. The second-order valence-electron chi connectivity index (χ2n) is 13.6. The van der Waals surface area contributed by atoms with Crippen LogP contribution in [0.2, 0.25) is 0 Å². The minimum atomic E-state index is -0.176. The van der Waals surface area contributed by atoms with Crippen LogP contribution >= 0.6 is 11.8 Å². The molecule has 1 atom stereocenters. The number of carbonyl (C=O) groups is 2. The van der Waals surface area contributed by atoms with Gasteiger partial charge in [-0.3, -0.25) is 19.6 Å². The molecule has 1 unspecified atom stereocenters. The van der Waals surface area contributed by atoms with Crippen molar-refractivity contribution < 1.29 is 14.3 Å². The smallest absolute Gasteiger partial charge is 0.249 e. The molecule has 2 saturated heterocycles. The number of ether oxygens (including phenoxy) is 1. The minimum Gasteiger partial charge on any atom is -0.475 e. The van der Waals surface area contributed by atoms with Gasteiger partial charge in [0.05, 0.1) is 18.2 Å². The highest BCUT2D eigenvalue weighted by Crippen LogP contribution is 2.32. The number of benzene rings is 1. The van der Waals surface area contributed by atoms with Crippen LogP contribution in [0, 0.1) is 11.8 Å². The molecule has 0 bridgehead atoms. The Morgan fingerprint density at radius 2 is 1.73 bits per heavy atom. The van der Waals surface area contributed by atoms with Crippen molar-refractivity contribution in [3.8, 4) is 28.5 Å². The number of fused-ring (bicyclic) bond motifs is 1.